The van der Waals surface area contributed by atoms with Crippen molar-refractivity contribution < 1.29 is 19.7 Å². The van der Waals surface area contributed by atoms with Gasteiger partial charge >= 0.3 is 0 Å². The first-order chi connectivity index (χ1) is 15.9. The highest BCUT2D eigenvalue weighted by Gasteiger charge is 2.62. The van der Waals surface area contributed by atoms with Crippen molar-refractivity contribution in [3.63, 3.8) is 0 Å². The molecule has 2 N–H and O–H groups in total. The van der Waals surface area contributed by atoms with Crippen LogP contribution in [0.3, 0.4) is 0 Å². The van der Waals surface area contributed by atoms with Crippen LogP contribution in [-0.4, -0.2) is 41.9 Å². The van der Waals surface area contributed by atoms with Crippen molar-refractivity contribution in [1.29, 1.82) is 0 Å². The summed E-state index contributed by atoms with van der Waals surface area (Å²) in [6.45, 7) is 8.23. The predicted molar refractivity (Wildman–Crippen MR) is 131 cm³/mol. The molecule has 5 rings (SSSR count). The third-order valence-corrected chi connectivity index (χ3v) is 11.1. The normalized spacial score (nSPS) is 48.4. The fraction of sp³-hybridized carbons (Fsp3) is 0.931. The fourth-order valence-corrected chi connectivity index (χ4v) is 9.52. The van der Waals surface area contributed by atoms with Crippen molar-refractivity contribution in [3.05, 3.63) is 11.6 Å². The molecule has 1 heterocycles. The lowest BCUT2D eigenvalue weighted by atomic mass is 9.46. The summed E-state index contributed by atoms with van der Waals surface area (Å²) in [5.74, 6) is 3.22. The Kier molecular flexibility index (Phi) is 7.03. The second-order valence-corrected chi connectivity index (χ2v) is 12.7. The highest BCUT2D eigenvalue weighted by molar-refractivity contribution is 5.26. The van der Waals surface area contributed by atoms with E-state index in [0.717, 1.165) is 57.0 Å². The lowest BCUT2D eigenvalue weighted by Crippen LogP contribution is -2.52. The van der Waals surface area contributed by atoms with Gasteiger partial charge in [0, 0.05) is 13.2 Å². The molecular weight excluding hydrogens is 412 g/mol. The molecule has 1 saturated heterocycles. The molecule has 3 saturated carbocycles. The van der Waals surface area contributed by atoms with Crippen LogP contribution in [0.4, 0.5) is 0 Å². The van der Waals surface area contributed by atoms with Crippen LogP contribution in [0.25, 0.3) is 0 Å². The standard InChI is InChI=1S/C29H48O4/c1-19(31)25-17-20(7-6-15-30)27-23-10-9-21-18-22(33-26-8-4-5-16-32-26)11-13-28(21,2)24(23)12-14-29(25,27)3/h9,19-20,22-27,30-31H,4-8,10-18H2,1-3H3/t19-,20-,22-,23+,24-,25+,26?,27-,28-,29+/m0/s1. The predicted octanol–water partition coefficient (Wildman–Crippen LogP) is 5.86. The first-order valence-corrected chi connectivity index (χ1v) is 14.1. The van der Waals surface area contributed by atoms with Crippen LogP contribution in [0.2, 0.25) is 0 Å². The molecule has 4 nitrogen and oxygen atoms in total. The van der Waals surface area contributed by atoms with Crippen molar-refractivity contribution in [1.82, 2.24) is 0 Å². The van der Waals surface area contributed by atoms with Crippen LogP contribution in [0.15, 0.2) is 11.6 Å². The van der Waals surface area contributed by atoms with Crippen LogP contribution >= 0.6 is 0 Å². The lowest BCUT2D eigenvalue weighted by molar-refractivity contribution is -0.195. The Balaban J connectivity index is 1.35. The average molecular weight is 461 g/mol. The van der Waals surface area contributed by atoms with Crippen molar-refractivity contribution in [3.8, 4) is 0 Å². The molecule has 0 aromatic heterocycles. The van der Waals surface area contributed by atoms with Gasteiger partial charge in [-0.3, -0.25) is 0 Å². The first-order valence-electron chi connectivity index (χ1n) is 14.1. The van der Waals surface area contributed by atoms with Crippen molar-refractivity contribution >= 4 is 0 Å². The zero-order chi connectivity index (χ0) is 23.2. The van der Waals surface area contributed by atoms with Gasteiger partial charge in [-0.15, -0.1) is 0 Å². The number of ether oxygens (including phenoxy) is 2. The zero-order valence-electron chi connectivity index (χ0n) is 21.3. The maximum Gasteiger partial charge on any atom is 0.157 e. The van der Waals surface area contributed by atoms with E-state index in [1.807, 2.05) is 6.92 Å². The number of aliphatic hydroxyl groups is 2. The van der Waals surface area contributed by atoms with Gasteiger partial charge in [-0.2, -0.15) is 0 Å². The maximum atomic E-state index is 10.7. The second kappa shape index (κ2) is 9.56. The largest absolute Gasteiger partial charge is 0.396 e. The van der Waals surface area contributed by atoms with Crippen LogP contribution in [0.5, 0.6) is 0 Å². The number of fused-ring (bicyclic) bond motifs is 5. The molecule has 0 amide bonds. The molecule has 1 aliphatic heterocycles. The molecule has 4 aliphatic carbocycles. The Morgan fingerprint density at radius 3 is 2.76 bits per heavy atom. The third-order valence-electron chi connectivity index (χ3n) is 11.1. The van der Waals surface area contributed by atoms with Crippen LogP contribution in [0.1, 0.15) is 97.8 Å². The van der Waals surface area contributed by atoms with E-state index in [-0.39, 0.29) is 17.8 Å². The summed E-state index contributed by atoms with van der Waals surface area (Å²) < 4.78 is 12.3. The van der Waals surface area contributed by atoms with Gasteiger partial charge in [0.15, 0.2) is 6.29 Å². The van der Waals surface area contributed by atoms with E-state index < -0.39 is 0 Å². The summed E-state index contributed by atoms with van der Waals surface area (Å²) in [6.07, 6.45) is 16.6. The molecule has 0 aromatic rings. The number of rotatable bonds is 6. The number of hydrogen-bond donors (Lipinski definition) is 2. The quantitative estimate of drug-likeness (QED) is 0.488. The summed E-state index contributed by atoms with van der Waals surface area (Å²) in [5.41, 5.74) is 2.22. The minimum Gasteiger partial charge on any atom is -0.396 e. The summed E-state index contributed by atoms with van der Waals surface area (Å²) in [5, 5.41) is 20.3. The molecule has 0 bridgehead atoms. The molecule has 188 valence electrons. The Bertz CT molecular complexity index is 712. The van der Waals surface area contributed by atoms with Gasteiger partial charge < -0.3 is 19.7 Å². The zero-order valence-corrected chi connectivity index (χ0v) is 21.3. The van der Waals surface area contributed by atoms with Crippen LogP contribution < -0.4 is 0 Å². The Hall–Kier alpha value is -0.420. The van der Waals surface area contributed by atoms with E-state index in [1.165, 1.54) is 38.5 Å². The Labute approximate surface area is 201 Å². The van der Waals surface area contributed by atoms with Gasteiger partial charge in [0.2, 0.25) is 0 Å². The molecule has 0 spiro atoms. The number of aliphatic hydroxyl groups excluding tert-OH is 2. The summed E-state index contributed by atoms with van der Waals surface area (Å²) in [4.78, 5) is 0. The van der Waals surface area contributed by atoms with E-state index in [1.54, 1.807) is 5.57 Å². The molecule has 1 unspecified atom stereocenters. The van der Waals surface area contributed by atoms with E-state index in [9.17, 15) is 10.2 Å². The van der Waals surface area contributed by atoms with Crippen molar-refractivity contribution in [2.45, 2.75) is 116 Å². The van der Waals surface area contributed by atoms with Gasteiger partial charge in [0.1, 0.15) is 0 Å². The number of hydrogen-bond acceptors (Lipinski definition) is 4. The molecule has 33 heavy (non-hydrogen) atoms. The van der Waals surface area contributed by atoms with Gasteiger partial charge in [-0.05, 0) is 124 Å². The summed E-state index contributed by atoms with van der Waals surface area (Å²) in [6, 6.07) is 0. The Morgan fingerprint density at radius 2 is 2.03 bits per heavy atom. The minimum atomic E-state index is -0.229. The lowest BCUT2D eigenvalue weighted by Gasteiger charge is -2.59. The molecule has 4 fully saturated rings. The topological polar surface area (TPSA) is 58.9 Å². The van der Waals surface area contributed by atoms with E-state index >= 15 is 0 Å². The summed E-state index contributed by atoms with van der Waals surface area (Å²) in [7, 11) is 0. The average Bonchev–Trinajstić information content (AvgIpc) is 3.11. The van der Waals surface area contributed by atoms with Gasteiger partial charge in [0.25, 0.3) is 0 Å². The van der Waals surface area contributed by atoms with E-state index in [4.69, 9.17) is 9.47 Å². The minimum absolute atomic E-state index is 0.0172. The third kappa shape index (κ3) is 4.26. The van der Waals surface area contributed by atoms with Gasteiger partial charge in [-0.1, -0.05) is 25.5 Å². The second-order valence-electron chi connectivity index (χ2n) is 12.7. The molecule has 5 aliphatic rings. The monoisotopic (exact) mass is 460 g/mol. The number of allylic oxidation sites excluding steroid dienone is 1. The molecule has 10 atom stereocenters. The molecule has 4 heteroatoms. The van der Waals surface area contributed by atoms with Gasteiger partial charge in [0.05, 0.1) is 12.2 Å². The van der Waals surface area contributed by atoms with Crippen molar-refractivity contribution in [2.75, 3.05) is 13.2 Å². The smallest absolute Gasteiger partial charge is 0.157 e. The highest BCUT2D eigenvalue weighted by Crippen LogP contribution is 2.68. The SMILES string of the molecule is C[C@H](O)[C@H]1C[C@H](CCCO)[C@H]2[C@@H]3CC=C4C[C@@H](OC5CCCCO5)CC[C@]4(C)[C@H]3CC[C@@]21C. The first kappa shape index (κ1) is 24.3. The fourth-order valence-electron chi connectivity index (χ4n) is 9.52. The molecule has 0 radical (unpaired) electrons. The molecular formula is C29H48O4. The van der Waals surface area contributed by atoms with Crippen molar-refractivity contribution in [2.24, 2.45) is 40.4 Å². The highest BCUT2D eigenvalue weighted by atomic mass is 16.7. The molecule has 0 aromatic carbocycles. The van der Waals surface area contributed by atoms with E-state index in [0.29, 0.717) is 35.9 Å². The Morgan fingerprint density at radius 1 is 1.18 bits per heavy atom. The van der Waals surface area contributed by atoms with E-state index in [2.05, 4.69) is 19.9 Å². The van der Waals surface area contributed by atoms with Gasteiger partial charge in [-0.25, -0.2) is 0 Å². The van der Waals surface area contributed by atoms with Crippen LogP contribution in [-0.2, 0) is 9.47 Å². The van der Waals surface area contributed by atoms with Crippen LogP contribution in [0, 0.1) is 40.4 Å². The summed E-state index contributed by atoms with van der Waals surface area (Å²) >= 11 is 0. The maximum absolute atomic E-state index is 10.7.